The third-order valence-electron chi connectivity index (χ3n) is 4.12. The Labute approximate surface area is 155 Å². The van der Waals surface area contributed by atoms with Gasteiger partial charge in [-0.15, -0.1) is 0 Å². The molecule has 0 spiro atoms. The van der Waals surface area contributed by atoms with Crippen molar-refractivity contribution in [1.82, 2.24) is 4.90 Å². The van der Waals surface area contributed by atoms with Crippen LogP contribution in [0.4, 0.5) is 0 Å². The normalized spacial score (nSPS) is 13.9. The molecule has 1 atom stereocenters. The van der Waals surface area contributed by atoms with Crippen LogP contribution >= 0.6 is 0 Å². The van der Waals surface area contributed by atoms with E-state index in [1.807, 2.05) is 0 Å². The number of nitrogens with zero attached hydrogens (tertiary/aromatic N) is 1. The number of hydrogen-bond donors (Lipinski definition) is 0. The van der Waals surface area contributed by atoms with Gasteiger partial charge >= 0.3 is 5.97 Å². The van der Waals surface area contributed by atoms with Gasteiger partial charge in [-0.3, -0.25) is 14.4 Å². The molecule has 0 fully saturated rings. The number of ketones is 1. The molecule has 1 aliphatic rings. The van der Waals surface area contributed by atoms with Gasteiger partial charge in [0.15, 0.2) is 18.6 Å². The molecular formula is C20H17NO6. The Morgan fingerprint density at radius 1 is 0.963 bits per heavy atom. The van der Waals surface area contributed by atoms with Crippen molar-refractivity contribution in [2.45, 2.75) is 20.0 Å². The summed E-state index contributed by atoms with van der Waals surface area (Å²) < 4.78 is 10.5. The maximum absolute atomic E-state index is 12.2. The molecule has 0 saturated heterocycles. The number of hydrogen-bond acceptors (Lipinski definition) is 6. The molecule has 1 heterocycles. The van der Waals surface area contributed by atoms with Crippen LogP contribution in [0.1, 0.15) is 44.9 Å². The van der Waals surface area contributed by atoms with Crippen LogP contribution in [0.15, 0.2) is 48.5 Å². The van der Waals surface area contributed by atoms with Crippen LogP contribution in [0.2, 0.25) is 0 Å². The molecule has 1 unspecified atom stereocenters. The minimum absolute atomic E-state index is 0.0741. The molecule has 7 nitrogen and oxygen atoms in total. The summed E-state index contributed by atoms with van der Waals surface area (Å²) in [4.78, 5) is 48.7. The first-order valence-corrected chi connectivity index (χ1v) is 8.28. The molecule has 27 heavy (non-hydrogen) atoms. The highest BCUT2D eigenvalue weighted by Crippen LogP contribution is 2.22. The zero-order valence-electron chi connectivity index (χ0n) is 14.8. The number of ether oxygens (including phenoxy) is 2. The van der Waals surface area contributed by atoms with Crippen molar-refractivity contribution in [2.75, 3.05) is 6.73 Å². The molecule has 2 aromatic carbocycles. The molecule has 0 saturated carbocycles. The fourth-order valence-electron chi connectivity index (χ4n) is 2.62. The van der Waals surface area contributed by atoms with Crippen molar-refractivity contribution in [3.63, 3.8) is 0 Å². The molecular weight excluding hydrogens is 350 g/mol. The molecule has 0 bridgehead atoms. The smallest absolute Gasteiger partial charge is 0.348 e. The van der Waals surface area contributed by atoms with Crippen LogP contribution in [0.25, 0.3) is 0 Å². The number of carbonyl (C=O) groups excluding carboxylic acids is 4. The Morgan fingerprint density at radius 3 is 2.04 bits per heavy atom. The Hall–Kier alpha value is -3.48. The lowest BCUT2D eigenvalue weighted by Gasteiger charge is -2.17. The predicted molar refractivity (Wildman–Crippen MR) is 94.4 cm³/mol. The predicted octanol–water partition coefficient (Wildman–Crippen LogP) is 2.45. The van der Waals surface area contributed by atoms with Gasteiger partial charge in [0.1, 0.15) is 5.75 Å². The first kappa shape index (κ1) is 18.3. The summed E-state index contributed by atoms with van der Waals surface area (Å²) in [5.41, 5.74) is 1.10. The fraction of sp³-hybridized carbons (Fsp3) is 0.200. The number of benzene rings is 2. The van der Waals surface area contributed by atoms with E-state index >= 15 is 0 Å². The second kappa shape index (κ2) is 7.41. The molecule has 1 aliphatic heterocycles. The van der Waals surface area contributed by atoms with Crippen molar-refractivity contribution < 1.29 is 28.7 Å². The Balaban J connectivity index is 1.57. The van der Waals surface area contributed by atoms with Gasteiger partial charge < -0.3 is 9.47 Å². The molecule has 0 N–H and O–H groups in total. The number of imide groups is 1. The summed E-state index contributed by atoms with van der Waals surface area (Å²) in [5, 5.41) is 0. The van der Waals surface area contributed by atoms with Crippen molar-refractivity contribution in [3.8, 4) is 5.75 Å². The van der Waals surface area contributed by atoms with Crippen LogP contribution in [0.3, 0.4) is 0 Å². The monoisotopic (exact) mass is 367 g/mol. The largest absolute Gasteiger partial charge is 0.479 e. The highest BCUT2D eigenvalue weighted by Gasteiger charge is 2.36. The third-order valence-corrected chi connectivity index (χ3v) is 4.12. The zero-order chi connectivity index (χ0) is 19.6. The van der Waals surface area contributed by atoms with Gasteiger partial charge in [-0.1, -0.05) is 12.1 Å². The highest BCUT2D eigenvalue weighted by atomic mass is 16.6. The number of rotatable bonds is 6. The molecule has 3 rings (SSSR count). The van der Waals surface area contributed by atoms with E-state index < -0.39 is 30.6 Å². The van der Waals surface area contributed by atoms with Gasteiger partial charge in [0.2, 0.25) is 0 Å². The lowest BCUT2D eigenvalue weighted by molar-refractivity contribution is -0.153. The molecule has 0 aliphatic carbocycles. The van der Waals surface area contributed by atoms with Crippen LogP contribution in [-0.2, 0) is 9.53 Å². The first-order chi connectivity index (χ1) is 12.9. The lowest BCUT2D eigenvalue weighted by atomic mass is 10.1. The number of carbonyl (C=O) groups is 4. The van der Waals surface area contributed by atoms with Crippen LogP contribution in [0.5, 0.6) is 5.75 Å². The van der Waals surface area contributed by atoms with Crippen molar-refractivity contribution in [1.29, 1.82) is 0 Å². The second-order valence-electron chi connectivity index (χ2n) is 6.02. The Bertz CT molecular complexity index is 883. The summed E-state index contributed by atoms with van der Waals surface area (Å²) in [7, 11) is 0. The minimum atomic E-state index is -0.955. The van der Waals surface area contributed by atoms with Crippen LogP contribution in [-0.4, -0.2) is 41.3 Å². The lowest BCUT2D eigenvalue weighted by Crippen LogP contribution is -2.36. The topological polar surface area (TPSA) is 90.0 Å². The Morgan fingerprint density at radius 2 is 1.52 bits per heavy atom. The van der Waals surface area contributed by atoms with Crippen LogP contribution < -0.4 is 4.74 Å². The molecule has 0 aromatic heterocycles. The van der Waals surface area contributed by atoms with Gasteiger partial charge in [0.25, 0.3) is 11.8 Å². The summed E-state index contributed by atoms with van der Waals surface area (Å²) in [6.45, 7) is 2.46. The van der Waals surface area contributed by atoms with Gasteiger partial charge in [-0.2, -0.15) is 0 Å². The van der Waals surface area contributed by atoms with Crippen molar-refractivity contribution in [3.05, 3.63) is 65.2 Å². The number of Topliss-reactive ketones (excluding diaryl/α,β-unsaturated/α-hetero) is 1. The van der Waals surface area contributed by atoms with E-state index in [2.05, 4.69) is 0 Å². The minimum Gasteiger partial charge on any atom is -0.479 e. The second-order valence-corrected chi connectivity index (χ2v) is 6.02. The third kappa shape index (κ3) is 3.72. The molecule has 7 heteroatoms. The summed E-state index contributed by atoms with van der Waals surface area (Å²) in [6, 6.07) is 12.7. The van der Waals surface area contributed by atoms with E-state index in [1.54, 1.807) is 48.5 Å². The molecule has 2 aromatic rings. The molecule has 138 valence electrons. The van der Waals surface area contributed by atoms with Gasteiger partial charge in [-0.05, 0) is 50.2 Å². The van der Waals surface area contributed by atoms with Crippen molar-refractivity contribution >= 4 is 23.6 Å². The molecule has 0 radical (unpaired) electrons. The standard InChI is InChI=1S/C20H17NO6/c1-12(22)14-7-9-15(10-8-14)27-13(2)20(25)26-11-21-18(23)16-5-3-4-6-17(16)19(21)24/h3-10,13H,11H2,1-2H3. The van der Waals surface area contributed by atoms with E-state index in [-0.39, 0.29) is 16.9 Å². The van der Waals surface area contributed by atoms with Crippen LogP contribution in [0, 0.1) is 0 Å². The average molecular weight is 367 g/mol. The Kier molecular flexibility index (Phi) is 5.03. The quantitative estimate of drug-likeness (QED) is 0.443. The first-order valence-electron chi connectivity index (χ1n) is 8.28. The van der Waals surface area contributed by atoms with Crippen molar-refractivity contribution in [2.24, 2.45) is 0 Å². The summed E-state index contributed by atoms with van der Waals surface area (Å²) >= 11 is 0. The average Bonchev–Trinajstić information content (AvgIpc) is 2.91. The number of fused-ring (bicyclic) bond motifs is 1. The van der Waals surface area contributed by atoms with E-state index in [9.17, 15) is 19.2 Å². The number of esters is 1. The van der Waals surface area contributed by atoms with E-state index in [0.29, 0.717) is 11.3 Å². The molecule has 2 amide bonds. The zero-order valence-corrected chi connectivity index (χ0v) is 14.8. The fourth-order valence-corrected chi connectivity index (χ4v) is 2.62. The summed E-state index contributed by atoms with van der Waals surface area (Å²) in [6.07, 6.45) is -0.955. The van der Waals surface area contributed by atoms with Gasteiger partial charge in [0, 0.05) is 5.56 Å². The summed E-state index contributed by atoms with van der Waals surface area (Å²) in [5.74, 6) is -1.41. The van der Waals surface area contributed by atoms with E-state index in [4.69, 9.17) is 9.47 Å². The highest BCUT2D eigenvalue weighted by molar-refractivity contribution is 6.21. The van der Waals surface area contributed by atoms with E-state index in [0.717, 1.165) is 4.90 Å². The van der Waals surface area contributed by atoms with Gasteiger partial charge in [-0.25, -0.2) is 9.69 Å². The SMILES string of the molecule is CC(=O)c1ccc(OC(C)C(=O)OCN2C(=O)c3ccccc3C2=O)cc1. The maximum Gasteiger partial charge on any atom is 0.348 e. The number of amides is 2. The van der Waals surface area contributed by atoms with E-state index in [1.165, 1.54) is 13.8 Å². The van der Waals surface area contributed by atoms with Gasteiger partial charge in [0.05, 0.1) is 11.1 Å². The maximum atomic E-state index is 12.2.